The predicted octanol–water partition coefficient (Wildman–Crippen LogP) is 5.88. The summed E-state index contributed by atoms with van der Waals surface area (Å²) in [6, 6.07) is 21.3. The van der Waals surface area contributed by atoms with Crippen molar-refractivity contribution >= 4 is 81.1 Å². The van der Waals surface area contributed by atoms with Crippen LogP contribution < -0.4 is 10.6 Å². The van der Waals surface area contributed by atoms with Crippen LogP contribution in [0.4, 0.5) is 11.4 Å². The number of aromatic carboxylic acids is 2. The Morgan fingerprint density at radius 1 is 0.605 bits per heavy atom. The molecule has 2 amide bonds. The molecule has 0 aliphatic carbocycles. The molecular formula is C28H18N2O6S2. The van der Waals surface area contributed by atoms with Crippen LogP contribution in [0.1, 0.15) is 40.2 Å². The third-order valence-electron chi connectivity index (χ3n) is 5.67. The lowest BCUT2D eigenvalue weighted by molar-refractivity contribution is -0.111. The van der Waals surface area contributed by atoms with E-state index in [0.29, 0.717) is 11.1 Å². The van der Waals surface area contributed by atoms with Gasteiger partial charge in [-0.1, -0.05) is 36.4 Å². The fraction of sp³-hybridized carbons (Fsp3) is 0. The molecule has 0 bridgehead atoms. The van der Waals surface area contributed by atoms with Crippen LogP contribution in [0.25, 0.3) is 23.3 Å². The first-order valence-electron chi connectivity index (χ1n) is 11.2. The number of fused-ring (bicyclic) bond motifs is 2. The zero-order valence-corrected chi connectivity index (χ0v) is 21.1. The van der Waals surface area contributed by atoms with Crippen molar-refractivity contribution in [1.29, 1.82) is 0 Å². The van der Waals surface area contributed by atoms with Gasteiger partial charge in [0.2, 0.25) is 0 Å². The van der Waals surface area contributed by atoms with Crippen LogP contribution in [0, 0.1) is 0 Å². The van der Waals surface area contributed by atoms with Crippen LogP contribution in [-0.2, 0) is 9.59 Å². The maximum absolute atomic E-state index is 11.9. The van der Waals surface area contributed by atoms with Crippen LogP contribution >= 0.6 is 22.7 Å². The second kappa shape index (κ2) is 10.3. The van der Waals surface area contributed by atoms with Gasteiger partial charge < -0.3 is 20.8 Å². The van der Waals surface area contributed by atoms with Gasteiger partial charge in [-0.2, -0.15) is 0 Å². The molecule has 8 nitrogen and oxygen atoms in total. The number of carbonyl (C=O) groups excluding carboxylic acids is 2. The smallest absolute Gasteiger partial charge is 0.345 e. The molecule has 10 heteroatoms. The Morgan fingerprint density at radius 2 is 1.00 bits per heavy atom. The Balaban J connectivity index is 0.000000155. The average Bonchev–Trinajstić information content (AvgIpc) is 3.67. The maximum atomic E-state index is 11.9. The molecule has 2 aliphatic rings. The van der Waals surface area contributed by atoms with Crippen molar-refractivity contribution < 1.29 is 29.4 Å². The zero-order chi connectivity index (χ0) is 26.8. The van der Waals surface area contributed by atoms with Crippen molar-refractivity contribution in [3.63, 3.8) is 0 Å². The third kappa shape index (κ3) is 5.03. The number of anilines is 2. The molecule has 2 aliphatic heterocycles. The quantitative estimate of drug-likeness (QED) is 0.238. The fourth-order valence-electron chi connectivity index (χ4n) is 3.94. The first-order chi connectivity index (χ1) is 18.3. The summed E-state index contributed by atoms with van der Waals surface area (Å²) in [5.74, 6) is -2.23. The minimum atomic E-state index is -0.953. The lowest BCUT2D eigenvalue weighted by atomic mass is 10.1. The molecule has 188 valence electrons. The summed E-state index contributed by atoms with van der Waals surface area (Å²) in [5, 5.41) is 23.3. The molecule has 0 atom stereocenters. The van der Waals surface area contributed by atoms with Crippen LogP contribution in [0.3, 0.4) is 0 Å². The molecule has 2 aromatic carbocycles. The summed E-state index contributed by atoms with van der Waals surface area (Å²) in [5.41, 5.74) is 4.39. The van der Waals surface area contributed by atoms with E-state index in [4.69, 9.17) is 10.2 Å². The minimum absolute atomic E-state index is 0.161. The van der Waals surface area contributed by atoms with E-state index in [2.05, 4.69) is 10.6 Å². The topological polar surface area (TPSA) is 133 Å². The Morgan fingerprint density at radius 3 is 1.37 bits per heavy atom. The van der Waals surface area contributed by atoms with E-state index < -0.39 is 11.9 Å². The SMILES string of the molecule is O=C1Nc2ccccc2C1=Cc1ccc(C(=O)O)s1.O=C1Nc2ccccc2C1=Cc1ccc(C(=O)O)s1. The molecular weight excluding hydrogens is 524 g/mol. The average molecular weight is 543 g/mol. The summed E-state index contributed by atoms with van der Waals surface area (Å²) in [7, 11) is 0. The number of nitrogens with one attached hydrogen (secondary N) is 2. The molecule has 0 radical (unpaired) electrons. The molecule has 6 rings (SSSR count). The highest BCUT2D eigenvalue weighted by Gasteiger charge is 2.24. The summed E-state index contributed by atoms with van der Waals surface area (Å²) in [4.78, 5) is 47.4. The third-order valence-corrected chi connectivity index (χ3v) is 7.71. The lowest BCUT2D eigenvalue weighted by Gasteiger charge is -1.95. The Labute approximate surface area is 224 Å². The molecule has 0 saturated heterocycles. The highest BCUT2D eigenvalue weighted by Crippen LogP contribution is 2.35. The van der Waals surface area contributed by atoms with Crippen molar-refractivity contribution in [2.24, 2.45) is 0 Å². The molecule has 38 heavy (non-hydrogen) atoms. The summed E-state index contributed by atoms with van der Waals surface area (Å²) in [6.07, 6.45) is 3.44. The highest BCUT2D eigenvalue weighted by molar-refractivity contribution is 7.15. The van der Waals surface area contributed by atoms with Gasteiger partial charge in [-0.3, -0.25) is 9.59 Å². The number of para-hydroxylation sites is 2. The highest BCUT2D eigenvalue weighted by atomic mass is 32.1. The Kier molecular flexibility index (Phi) is 6.73. The van der Waals surface area contributed by atoms with Crippen LogP contribution in [0.5, 0.6) is 0 Å². The molecule has 4 heterocycles. The van der Waals surface area contributed by atoms with Gasteiger partial charge in [-0.15, -0.1) is 22.7 Å². The normalized spacial score (nSPS) is 15.4. The summed E-state index contributed by atoms with van der Waals surface area (Å²) < 4.78 is 0. The number of benzene rings is 2. The van der Waals surface area contributed by atoms with E-state index in [1.807, 2.05) is 48.5 Å². The van der Waals surface area contributed by atoms with E-state index >= 15 is 0 Å². The van der Waals surface area contributed by atoms with Crippen molar-refractivity contribution in [2.75, 3.05) is 10.6 Å². The van der Waals surface area contributed by atoms with Gasteiger partial charge in [-0.25, -0.2) is 9.59 Å². The number of carboxylic acid groups (broad SMARTS) is 2. The monoisotopic (exact) mass is 542 g/mol. The Bertz CT molecular complexity index is 1550. The van der Waals surface area contributed by atoms with Gasteiger partial charge in [0, 0.05) is 32.3 Å². The van der Waals surface area contributed by atoms with Gasteiger partial charge in [0.1, 0.15) is 9.75 Å². The van der Waals surface area contributed by atoms with Crippen molar-refractivity contribution in [1.82, 2.24) is 0 Å². The first kappa shape index (κ1) is 24.9. The van der Waals surface area contributed by atoms with Crippen LogP contribution in [-0.4, -0.2) is 34.0 Å². The van der Waals surface area contributed by atoms with E-state index in [9.17, 15) is 19.2 Å². The number of carboxylic acids is 2. The first-order valence-corrected chi connectivity index (χ1v) is 12.8. The number of hydrogen-bond donors (Lipinski definition) is 4. The van der Waals surface area contributed by atoms with Gasteiger partial charge in [0.05, 0.1) is 11.1 Å². The number of thiophene rings is 2. The van der Waals surface area contributed by atoms with E-state index in [1.54, 1.807) is 24.3 Å². The van der Waals surface area contributed by atoms with Gasteiger partial charge >= 0.3 is 11.9 Å². The molecule has 0 fully saturated rings. The molecule has 4 N–H and O–H groups in total. The van der Waals surface area contributed by atoms with Gasteiger partial charge in [0.25, 0.3) is 11.8 Å². The maximum Gasteiger partial charge on any atom is 0.345 e. The van der Waals surface area contributed by atoms with Gasteiger partial charge in [-0.05, 0) is 48.6 Å². The number of rotatable bonds is 4. The molecule has 0 spiro atoms. The summed E-state index contributed by atoms with van der Waals surface area (Å²) in [6.45, 7) is 0. The van der Waals surface area contributed by atoms with E-state index in [-0.39, 0.29) is 21.6 Å². The number of hydrogen-bond acceptors (Lipinski definition) is 6. The van der Waals surface area contributed by atoms with E-state index in [1.165, 1.54) is 12.1 Å². The minimum Gasteiger partial charge on any atom is -0.477 e. The predicted molar refractivity (Wildman–Crippen MR) is 148 cm³/mol. The lowest BCUT2D eigenvalue weighted by Crippen LogP contribution is -2.03. The van der Waals surface area contributed by atoms with Gasteiger partial charge in [0.15, 0.2) is 0 Å². The second-order valence-corrected chi connectivity index (χ2v) is 10.4. The number of carbonyl (C=O) groups is 4. The van der Waals surface area contributed by atoms with Crippen molar-refractivity contribution in [3.05, 3.63) is 103 Å². The van der Waals surface area contributed by atoms with Crippen LogP contribution in [0.2, 0.25) is 0 Å². The molecule has 2 aromatic heterocycles. The largest absolute Gasteiger partial charge is 0.477 e. The molecule has 4 aromatic rings. The summed E-state index contributed by atoms with van der Waals surface area (Å²) >= 11 is 2.30. The van der Waals surface area contributed by atoms with Crippen LogP contribution in [0.15, 0.2) is 72.8 Å². The molecule has 0 saturated carbocycles. The standard InChI is InChI=1S/2C14H9NO3S/c2*16-13-10(9-3-1-2-4-11(9)15-13)7-8-5-6-12(19-8)14(17)18/h2*1-7H,(H,15,16)(H,17,18). The van der Waals surface area contributed by atoms with E-state index in [0.717, 1.165) is 54.9 Å². The number of amides is 2. The second-order valence-electron chi connectivity index (χ2n) is 8.13. The molecule has 0 unspecified atom stereocenters. The van der Waals surface area contributed by atoms with Crippen molar-refractivity contribution in [2.45, 2.75) is 0 Å². The Hall–Kier alpha value is -4.80. The fourth-order valence-corrected chi connectivity index (χ4v) is 5.52. The van der Waals surface area contributed by atoms with Crippen molar-refractivity contribution in [3.8, 4) is 0 Å². The zero-order valence-electron chi connectivity index (χ0n) is 19.4.